The molecule has 0 N–H and O–H groups in total. The van der Waals surface area contributed by atoms with E-state index in [1.165, 1.54) is 33.4 Å². The number of fused-ring (bicyclic) bond motifs is 1. The summed E-state index contributed by atoms with van der Waals surface area (Å²) < 4.78 is 2.19. The molecule has 2 aromatic heterocycles. The molecule has 6 rings (SSSR count). The van der Waals surface area contributed by atoms with E-state index in [0.29, 0.717) is 11.8 Å². The van der Waals surface area contributed by atoms with Gasteiger partial charge in [0, 0.05) is 17.5 Å². The Labute approximate surface area is 284 Å². The first kappa shape index (κ1) is 36.4. The SMILES string of the molecule is CC(C)c1cccc(C(C)C)c1[N-]c1ccc2ccn(-c3cc(-c4ccccc4)cc(-c4ccccc4)c3)c2n1.[CH3-].[CH3-].[CH3-].[Zr+3]. The van der Waals surface area contributed by atoms with Crippen LogP contribution in [0.4, 0.5) is 11.5 Å². The molecule has 6 aromatic rings. The van der Waals surface area contributed by atoms with Crippen LogP contribution in [0, 0.1) is 22.3 Å². The number of hydrogen-bond acceptors (Lipinski definition) is 1. The summed E-state index contributed by atoms with van der Waals surface area (Å²) in [4.78, 5) is 5.11. The predicted molar refractivity (Wildman–Crippen MR) is 188 cm³/mol. The first-order valence-electron chi connectivity index (χ1n) is 14.1. The largest absolute Gasteiger partial charge is 3.00 e. The molecule has 0 saturated heterocycles. The molecule has 4 heteroatoms. The molecule has 0 bridgehead atoms. The third kappa shape index (κ3) is 7.48. The molecule has 2 heterocycles. The molecule has 4 aromatic carbocycles. The van der Waals surface area contributed by atoms with Crippen molar-refractivity contribution >= 4 is 22.5 Å². The summed E-state index contributed by atoms with van der Waals surface area (Å²) in [5, 5.41) is 6.24. The van der Waals surface area contributed by atoms with E-state index in [0.717, 1.165) is 28.2 Å². The van der Waals surface area contributed by atoms with Crippen molar-refractivity contribution in [1.29, 1.82) is 0 Å². The molecule has 1 radical (unpaired) electrons. The van der Waals surface area contributed by atoms with Crippen LogP contribution < -0.4 is 0 Å². The van der Waals surface area contributed by atoms with Crippen LogP contribution in [0.15, 0.2) is 121 Å². The van der Waals surface area contributed by atoms with E-state index < -0.39 is 0 Å². The summed E-state index contributed by atoms with van der Waals surface area (Å²) in [5.41, 5.74) is 10.3. The standard InChI is InChI=1S/C37H34N3.3CH3.Zr/c1-25(2)33-16-11-17-34(26(3)4)36(33)38-35-19-18-29-20-21-40(37(29)39-35)32-23-30(27-12-7-5-8-13-27)22-31(24-32)28-14-9-6-10-15-28;;;;/h5-26H,1-4H3;3*1H3;/q4*-1;+3. The molecule has 0 aliphatic rings. The Balaban J connectivity index is 0.00000169. The maximum Gasteiger partial charge on any atom is 3.00 e. The zero-order valence-electron chi connectivity index (χ0n) is 27.0. The fourth-order valence-corrected chi connectivity index (χ4v) is 5.37. The molecule has 0 spiro atoms. The minimum Gasteiger partial charge on any atom is -0.436 e. The van der Waals surface area contributed by atoms with E-state index in [9.17, 15) is 0 Å². The quantitative estimate of drug-likeness (QED) is 0.157. The number of pyridine rings is 1. The van der Waals surface area contributed by atoms with Crippen molar-refractivity contribution in [3.63, 3.8) is 0 Å². The maximum absolute atomic E-state index is 5.15. The second-order valence-electron chi connectivity index (χ2n) is 11.0. The van der Waals surface area contributed by atoms with Crippen LogP contribution in [0.25, 0.3) is 44.3 Å². The Morgan fingerprint density at radius 2 is 1.09 bits per heavy atom. The van der Waals surface area contributed by atoms with E-state index in [-0.39, 0.29) is 48.5 Å². The van der Waals surface area contributed by atoms with Crippen molar-refractivity contribution in [2.75, 3.05) is 0 Å². The van der Waals surface area contributed by atoms with Crippen LogP contribution in [-0.4, -0.2) is 9.55 Å². The number of hydrogen-bond donors (Lipinski definition) is 0. The van der Waals surface area contributed by atoms with Gasteiger partial charge in [0.15, 0.2) is 0 Å². The van der Waals surface area contributed by atoms with Crippen molar-refractivity contribution in [3.05, 3.63) is 160 Å². The van der Waals surface area contributed by atoms with Gasteiger partial charge in [0.25, 0.3) is 0 Å². The average Bonchev–Trinajstić information content (AvgIpc) is 3.41. The average molecular weight is 657 g/mol. The van der Waals surface area contributed by atoms with E-state index in [1.807, 2.05) is 6.07 Å². The summed E-state index contributed by atoms with van der Waals surface area (Å²) in [7, 11) is 0. The Hall–Kier alpha value is -3.75. The van der Waals surface area contributed by atoms with Gasteiger partial charge >= 0.3 is 26.2 Å². The van der Waals surface area contributed by atoms with Crippen LogP contribution in [0.2, 0.25) is 0 Å². The third-order valence-electron chi connectivity index (χ3n) is 7.50. The zero-order chi connectivity index (χ0) is 27.6. The fourth-order valence-electron chi connectivity index (χ4n) is 5.37. The van der Waals surface area contributed by atoms with Crippen molar-refractivity contribution < 1.29 is 26.2 Å². The number of aromatic nitrogens is 2. The Morgan fingerprint density at radius 3 is 1.59 bits per heavy atom. The molecule has 44 heavy (non-hydrogen) atoms. The predicted octanol–water partition coefficient (Wildman–Crippen LogP) is 12.3. The number of benzene rings is 4. The van der Waals surface area contributed by atoms with Crippen LogP contribution in [-0.2, 0) is 26.2 Å². The summed E-state index contributed by atoms with van der Waals surface area (Å²) >= 11 is 0. The van der Waals surface area contributed by atoms with Crippen LogP contribution in [0.5, 0.6) is 0 Å². The van der Waals surface area contributed by atoms with Gasteiger partial charge in [0.1, 0.15) is 0 Å². The van der Waals surface area contributed by atoms with Crippen LogP contribution in [0.3, 0.4) is 0 Å². The maximum atomic E-state index is 5.15. The molecule has 0 fully saturated rings. The molecule has 0 aliphatic carbocycles. The normalized spacial score (nSPS) is 10.4. The van der Waals surface area contributed by atoms with Gasteiger partial charge < -0.3 is 37.1 Å². The minimum absolute atomic E-state index is 0. The molecule has 0 saturated carbocycles. The molecule has 0 amide bonds. The van der Waals surface area contributed by atoms with E-state index in [1.54, 1.807) is 0 Å². The van der Waals surface area contributed by atoms with Crippen LogP contribution >= 0.6 is 0 Å². The van der Waals surface area contributed by atoms with Gasteiger partial charge in [-0.05, 0) is 80.6 Å². The van der Waals surface area contributed by atoms with Gasteiger partial charge in [-0.25, -0.2) is 0 Å². The second-order valence-corrected chi connectivity index (χ2v) is 11.0. The van der Waals surface area contributed by atoms with Gasteiger partial charge in [-0.3, -0.25) is 0 Å². The van der Waals surface area contributed by atoms with Crippen molar-refractivity contribution in [1.82, 2.24) is 9.55 Å². The topological polar surface area (TPSA) is 31.9 Å². The molecular formula is C40H43N3Zr-. The fraction of sp³-hybridized carbons (Fsp3) is 0.150. The summed E-state index contributed by atoms with van der Waals surface area (Å²) in [6.07, 6.45) is 2.11. The molecule has 0 unspecified atom stereocenters. The third-order valence-corrected chi connectivity index (χ3v) is 7.50. The Kier molecular flexibility index (Phi) is 13.1. The van der Waals surface area contributed by atoms with Gasteiger partial charge in [-0.15, -0.1) is 0 Å². The monoisotopic (exact) mass is 655 g/mol. The van der Waals surface area contributed by atoms with E-state index >= 15 is 0 Å². The van der Waals surface area contributed by atoms with E-state index in [4.69, 9.17) is 10.3 Å². The molecule has 0 atom stereocenters. The van der Waals surface area contributed by atoms with Gasteiger partial charge in [0.05, 0.1) is 0 Å². The first-order valence-corrected chi connectivity index (χ1v) is 14.1. The number of para-hydroxylation sites is 1. The Bertz CT molecular complexity index is 1690. The van der Waals surface area contributed by atoms with E-state index in [2.05, 4.69) is 148 Å². The van der Waals surface area contributed by atoms with Gasteiger partial charge in [-0.2, -0.15) is 0 Å². The summed E-state index contributed by atoms with van der Waals surface area (Å²) in [6.45, 7) is 8.91. The van der Waals surface area contributed by atoms with Crippen molar-refractivity contribution in [2.24, 2.45) is 0 Å². The van der Waals surface area contributed by atoms with Gasteiger partial charge in [0.2, 0.25) is 0 Å². The van der Waals surface area contributed by atoms with Crippen molar-refractivity contribution in [3.8, 4) is 27.9 Å². The van der Waals surface area contributed by atoms with Crippen LogP contribution in [0.1, 0.15) is 50.7 Å². The molecule has 0 aliphatic heterocycles. The minimum atomic E-state index is 0. The Morgan fingerprint density at radius 1 is 0.568 bits per heavy atom. The first-order chi connectivity index (χ1) is 19.5. The second kappa shape index (κ2) is 15.8. The van der Waals surface area contributed by atoms with Gasteiger partial charge in [-0.1, -0.05) is 125 Å². The van der Waals surface area contributed by atoms with Crippen molar-refractivity contribution in [2.45, 2.75) is 39.5 Å². The molecular weight excluding hydrogens is 614 g/mol. The number of nitrogens with zero attached hydrogens (tertiary/aromatic N) is 3. The molecule has 3 nitrogen and oxygen atoms in total. The smallest absolute Gasteiger partial charge is 0.436 e. The summed E-state index contributed by atoms with van der Waals surface area (Å²) in [6, 6.07) is 40.7. The molecule has 223 valence electrons. The summed E-state index contributed by atoms with van der Waals surface area (Å²) in [5.74, 6) is 1.48. The number of rotatable bonds is 7. The zero-order valence-corrected chi connectivity index (χ0v) is 29.5.